The second kappa shape index (κ2) is 7.39. The van der Waals surface area contributed by atoms with Gasteiger partial charge in [0.15, 0.2) is 5.16 Å². The number of thioether (sulfide) groups is 1. The van der Waals surface area contributed by atoms with Gasteiger partial charge >= 0.3 is 0 Å². The molecular formula is C13H22ClN3S. The molecule has 0 amide bonds. The van der Waals surface area contributed by atoms with Gasteiger partial charge in [0.25, 0.3) is 0 Å². The number of aryl methyl sites for hydroxylation is 1. The van der Waals surface area contributed by atoms with Crippen LogP contribution in [-0.2, 0) is 13.0 Å². The maximum Gasteiger partial charge on any atom is 0.191 e. The molecule has 0 bridgehead atoms. The van der Waals surface area contributed by atoms with Gasteiger partial charge < -0.3 is 4.57 Å². The molecule has 1 aromatic rings. The summed E-state index contributed by atoms with van der Waals surface area (Å²) in [6.07, 6.45) is 7.26. The highest BCUT2D eigenvalue weighted by atomic mass is 35.5. The number of alkyl halides is 1. The second-order valence-corrected chi connectivity index (χ2v) is 6.52. The number of fused-ring (bicyclic) bond motifs is 1. The molecular weight excluding hydrogens is 266 g/mol. The third-order valence-electron chi connectivity index (χ3n) is 3.52. The van der Waals surface area contributed by atoms with Gasteiger partial charge in [-0.3, -0.25) is 0 Å². The molecule has 0 radical (unpaired) electrons. The quantitative estimate of drug-likeness (QED) is 0.590. The fourth-order valence-electron chi connectivity index (χ4n) is 2.25. The summed E-state index contributed by atoms with van der Waals surface area (Å²) in [4.78, 5) is 0. The van der Waals surface area contributed by atoms with Crippen molar-refractivity contribution in [2.75, 3.05) is 11.6 Å². The van der Waals surface area contributed by atoms with Gasteiger partial charge in [0.2, 0.25) is 0 Å². The minimum atomic E-state index is 0.710. The van der Waals surface area contributed by atoms with Crippen LogP contribution in [0.15, 0.2) is 5.16 Å². The van der Waals surface area contributed by atoms with E-state index < -0.39 is 0 Å². The Balaban J connectivity index is 1.84. The minimum Gasteiger partial charge on any atom is -0.306 e. The van der Waals surface area contributed by atoms with E-state index in [4.69, 9.17) is 11.6 Å². The van der Waals surface area contributed by atoms with Crippen LogP contribution in [0.2, 0.25) is 0 Å². The van der Waals surface area contributed by atoms with E-state index in [0.29, 0.717) is 5.92 Å². The predicted molar refractivity (Wildman–Crippen MR) is 77.4 cm³/mol. The molecule has 1 aromatic heterocycles. The smallest absolute Gasteiger partial charge is 0.191 e. The third-order valence-corrected chi connectivity index (χ3v) is 4.74. The van der Waals surface area contributed by atoms with Gasteiger partial charge in [-0.25, -0.2) is 0 Å². The van der Waals surface area contributed by atoms with Crippen molar-refractivity contribution in [2.24, 2.45) is 5.92 Å². The van der Waals surface area contributed by atoms with Crippen LogP contribution < -0.4 is 0 Å². The van der Waals surface area contributed by atoms with Gasteiger partial charge in [-0.15, -0.1) is 21.8 Å². The summed E-state index contributed by atoms with van der Waals surface area (Å²) in [5.74, 6) is 3.79. The Labute approximate surface area is 119 Å². The summed E-state index contributed by atoms with van der Waals surface area (Å²) in [5, 5.41) is 9.77. The summed E-state index contributed by atoms with van der Waals surface area (Å²) in [6, 6.07) is 0. The number of halogens is 1. The van der Waals surface area contributed by atoms with E-state index in [0.717, 1.165) is 36.2 Å². The summed E-state index contributed by atoms with van der Waals surface area (Å²) >= 11 is 7.61. The van der Waals surface area contributed by atoms with Gasteiger partial charge in [0.05, 0.1) is 0 Å². The highest BCUT2D eigenvalue weighted by molar-refractivity contribution is 7.99. The maximum absolute atomic E-state index is 5.75. The molecule has 0 saturated carbocycles. The average Bonchev–Trinajstić information content (AvgIpc) is 2.60. The van der Waals surface area contributed by atoms with Crippen LogP contribution in [0.4, 0.5) is 0 Å². The fraction of sp³-hybridized carbons (Fsp3) is 0.846. The zero-order valence-electron chi connectivity index (χ0n) is 11.1. The predicted octanol–water partition coefficient (Wildman–Crippen LogP) is 3.75. The van der Waals surface area contributed by atoms with Gasteiger partial charge in [0, 0.05) is 24.6 Å². The standard InChI is InChI=1S/C13H22ClN3S/c1-11(6-8-14)7-10-18-13-16-15-12-5-3-2-4-9-17(12)13/h11H,2-10H2,1H3. The Morgan fingerprint density at radius 3 is 3.00 bits per heavy atom. The summed E-state index contributed by atoms with van der Waals surface area (Å²) in [7, 11) is 0. The number of hydrogen-bond acceptors (Lipinski definition) is 3. The van der Waals surface area contributed by atoms with Crippen molar-refractivity contribution in [2.45, 2.75) is 57.1 Å². The Bertz CT molecular complexity index is 367. The second-order valence-electron chi connectivity index (χ2n) is 5.08. The van der Waals surface area contributed by atoms with Crippen molar-refractivity contribution in [1.82, 2.24) is 14.8 Å². The van der Waals surface area contributed by atoms with Gasteiger partial charge in [-0.05, 0) is 31.6 Å². The van der Waals surface area contributed by atoms with E-state index in [1.165, 1.54) is 31.5 Å². The highest BCUT2D eigenvalue weighted by Crippen LogP contribution is 2.23. The summed E-state index contributed by atoms with van der Waals surface area (Å²) in [5.41, 5.74) is 0. The highest BCUT2D eigenvalue weighted by Gasteiger charge is 2.14. The summed E-state index contributed by atoms with van der Waals surface area (Å²) in [6.45, 7) is 3.37. The molecule has 18 heavy (non-hydrogen) atoms. The number of nitrogens with zero attached hydrogens (tertiary/aromatic N) is 3. The molecule has 3 nitrogen and oxygen atoms in total. The molecule has 0 saturated heterocycles. The zero-order valence-corrected chi connectivity index (χ0v) is 12.6. The molecule has 1 aliphatic heterocycles. The molecule has 0 fully saturated rings. The van der Waals surface area contributed by atoms with Crippen LogP contribution in [0.1, 0.15) is 44.9 Å². The molecule has 2 heterocycles. The van der Waals surface area contributed by atoms with Crippen molar-refractivity contribution in [3.05, 3.63) is 5.82 Å². The number of hydrogen-bond donors (Lipinski definition) is 0. The van der Waals surface area contributed by atoms with Crippen molar-refractivity contribution < 1.29 is 0 Å². The monoisotopic (exact) mass is 287 g/mol. The molecule has 0 spiro atoms. The van der Waals surface area contributed by atoms with Crippen LogP contribution in [0.3, 0.4) is 0 Å². The normalized spacial score (nSPS) is 17.2. The first-order chi connectivity index (χ1) is 8.81. The van der Waals surface area contributed by atoms with Crippen LogP contribution in [-0.4, -0.2) is 26.4 Å². The van der Waals surface area contributed by atoms with E-state index in [1.54, 1.807) is 0 Å². The summed E-state index contributed by atoms with van der Waals surface area (Å²) < 4.78 is 2.32. The van der Waals surface area contributed by atoms with Gasteiger partial charge in [0.1, 0.15) is 5.82 Å². The lowest BCUT2D eigenvalue weighted by Gasteiger charge is -2.09. The molecule has 0 aliphatic carbocycles. The number of aromatic nitrogens is 3. The zero-order chi connectivity index (χ0) is 12.8. The number of rotatable bonds is 6. The SMILES string of the molecule is CC(CCCl)CCSc1nnc2n1CCCCC2. The van der Waals surface area contributed by atoms with Crippen LogP contribution in [0, 0.1) is 5.92 Å². The van der Waals surface area contributed by atoms with E-state index in [9.17, 15) is 0 Å². The first kappa shape index (κ1) is 14.2. The van der Waals surface area contributed by atoms with Crippen LogP contribution in [0.5, 0.6) is 0 Å². The Morgan fingerprint density at radius 2 is 2.17 bits per heavy atom. The van der Waals surface area contributed by atoms with E-state index in [-0.39, 0.29) is 0 Å². The minimum absolute atomic E-state index is 0.710. The van der Waals surface area contributed by atoms with Crippen molar-refractivity contribution in [3.63, 3.8) is 0 Å². The maximum atomic E-state index is 5.75. The van der Waals surface area contributed by atoms with Crippen molar-refractivity contribution in [1.29, 1.82) is 0 Å². The van der Waals surface area contributed by atoms with Crippen LogP contribution >= 0.6 is 23.4 Å². The molecule has 0 aromatic carbocycles. The van der Waals surface area contributed by atoms with E-state index in [1.807, 2.05) is 11.8 Å². The Hall–Kier alpha value is -0.220. The Kier molecular flexibility index (Phi) is 5.83. The molecule has 2 rings (SSSR count). The van der Waals surface area contributed by atoms with Gasteiger partial charge in [-0.1, -0.05) is 25.1 Å². The van der Waals surface area contributed by atoms with Crippen LogP contribution in [0.25, 0.3) is 0 Å². The molecule has 1 atom stereocenters. The largest absolute Gasteiger partial charge is 0.306 e. The molecule has 1 aliphatic rings. The lowest BCUT2D eigenvalue weighted by atomic mass is 10.1. The fourth-order valence-corrected chi connectivity index (χ4v) is 3.77. The third kappa shape index (κ3) is 3.89. The first-order valence-electron chi connectivity index (χ1n) is 6.92. The molecule has 102 valence electrons. The van der Waals surface area contributed by atoms with E-state index >= 15 is 0 Å². The van der Waals surface area contributed by atoms with Crippen molar-refractivity contribution in [3.8, 4) is 0 Å². The van der Waals surface area contributed by atoms with E-state index in [2.05, 4.69) is 21.7 Å². The molecule has 1 unspecified atom stereocenters. The van der Waals surface area contributed by atoms with Crippen molar-refractivity contribution >= 4 is 23.4 Å². The lowest BCUT2D eigenvalue weighted by molar-refractivity contribution is 0.550. The average molecular weight is 288 g/mol. The molecule has 0 N–H and O–H groups in total. The Morgan fingerprint density at radius 1 is 1.28 bits per heavy atom. The van der Waals surface area contributed by atoms with Gasteiger partial charge in [-0.2, -0.15) is 0 Å². The lowest BCUT2D eigenvalue weighted by Crippen LogP contribution is -2.03. The topological polar surface area (TPSA) is 30.7 Å². The molecule has 5 heteroatoms. The first-order valence-corrected chi connectivity index (χ1v) is 8.44.